The fourth-order valence-electron chi connectivity index (χ4n) is 2.57. The van der Waals surface area contributed by atoms with Crippen molar-refractivity contribution in [1.82, 2.24) is 14.7 Å². The smallest absolute Gasteiger partial charge is 0.237 e. The van der Waals surface area contributed by atoms with Crippen molar-refractivity contribution in [2.45, 2.75) is 26.4 Å². The molecular formula is C16H19N3OS. The molecule has 0 saturated heterocycles. The molecule has 2 heterocycles. The van der Waals surface area contributed by atoms with Gasteiger partial charge in [-0.2, -0.15) is 4.98 Å². The normalized spacial score (nSPS) is 12.7. The highest BCUT2D eigenvalue weighted by molar-refractivity contribution is 7.15. The van der Waals surface area contributed by atoms with E-state index in [1.165, 1.54) is 11.1 Å². The van der Waals surface area contributed by atoms with Crippen molar-refractivity contribution in [1.29, 1.82) is 0 Å². The molecule has 0 aliphatic rings. The van der Waals surface area contributed by atoms with E-state index in [4.69, 9.17) is 4.74 Å². The zero-order valence-electron chi connectivity index (χ0n) is 12.5. The lowest BCUT2D eigenvalue weighted by atomic mass is 10.0. The molecule has 21 heavy (non-hydrogen) atoms. The summed E-state index contributed by atoms with van der Waals surface area (Å²) >= 11 is 1.61. The molecule has 0 fully saturated rings. The lowest BCUT2D eigenvalue weighted by Gasteiger charge is -2.16. The number of thiazole rings is 1. The maximum Gasteiger partial charge on any atom is 0.237 e. The van der Waals surface area contributed by atoms with Crippen LogP contribution in [0.3, 0.4) is 0 Å². The molecule has 0 spiro atoms. The van der Waals surface area contributed by atoms with E-state index in [0.29, 0.717) is 5.88 Å². The molecular weight excluding hydrogens is 282 g/mol. The highest BCUT2D eigenvalue weighted by atomic mass is 32.1. The van der Waals surface area contributed by atoms with Gasteiger partial charge < -0.3 is 10.1 Å². The third-order valence-corrected chi connectivity index (χ3v) is 4.50. The summed E-state index contributed by atoms with van der Waals surface area (Å²) in [6.45, 7) is 5.04. The molecule has 0 bridgehead atoms. The van der Waals surface area contributed by atoms with Crippen LogP contribution in [0.25, 0.3) is 4.96 Å². The van der Waals surface area contributed by atoms with Crippen molar-refractivity contribution in [2.75, 3.05) is 7.11 Å². The number of imidazole rings is 1. The van der Waals surface area contributed by atoms with Gasteiger partial charge in [0, 0.05) is 24.2 Å². The molecule has 2 aromatic heterocycles. The van der Waals surface area contributed by atoms with Crippen LogP contribution in [-0.2, 0) is 6.54 Å². The largest absolute Gasteiger partial charge is 0.480 e. The molecule has 5 heteroatoms. The molecule has 110 valence electrons. The summed E-state index contributed by atoms with van der Waals surface area (Å²) in [6.07, 6.45) is 2.03. The number of aromatic nitrogens is 2. The summed E-state index contributed by atoms with van der Waals surface area (Å²) in [4.78, 5) is 5.44. The Bertz CT molecular complexity index is 747. The Kier molecular flexibility index (Phi) is 3.94. The first kappa shape index (κ1) is 14.1. The average Bonchev–Trinajstić information content (AvgIpc) is 3.06. The number of ether oxygens (including phenoxy) is 1. The molecule has 1 atom stereocenters. The van der Waals surface area contributed by atoms with Crippen LogP contribution in [0, 0.1) is 6.92 Å². The van der Waals surface area contributed by atoms with Gasteiger partial charge in [-0.15, -0.1) is 11.3 Å². The fourth-order valence-corrected chi connectivity index (χ4v) is 3.29. The SMILES string of the molecule is COc1nc2sccn2c1CN[C@H](C)c1ccccc1C. The van der Waals surface area contributed by atoms with Crippen molar-refractivity contribution in [2.24, 2.45) is 0 Å². The number of rotatable bonds is 5. The van der Waals surface area contributed by atoms with Gasteiger partial charge in [0.1, 0.15) is 5.69 Å². The Hall–Kier alpha value is -1.85. The Morgan fingerprint density at radius 1 is 1.38 bits per heavy atom. The zero-order valence-corrected chi connectivity index (χ0v) is 13.3. The second-order valence-corrected chi connectivity index (χ2v) is 5.96. The zero-order chi connectivity index (χ0) is 14.8. The quantitative estimate of drug-likeness (QED) is 0.783. The number of aryl methyl sites for hydroxylation is 1. The minimum absolute atomic E-state index is 0.278. The van der Waals surface area contributed by atoms with Crippen LogP contribution >= 0.6 is 11.3 Å². The van der Waals surface area contributed by atoms with Crippen LogP contribution in [0.15, 0.2) is 35.8 Å². The van der Waals surface area contributed by atoms with Gasteiger partial charge in [-0.1, -0.05) is 24.3 Å². The molecule has 0 radical (unpaired) electrons. The van der Waals surface area contributed by atoms with Gasteiger partial charge in [0.05, 0.1) is 7.11 Å². The van der Waals surface area contributed by atoms with Gasteiger partial charge >= 0.3 is 0 Å². The molecule has 1 N–H and O–H groups in total. The van der Waals surface area contributed by atoms with E-state index >= 15 is 0 Å². The van der Waals surface area contributed by atoms with Crippen molar-refractivity contribution in [3.05, 3.63) is 52.7 Å². The lowest BCUT2D eigenvalue weighted by Crippen LogP contribution is -2.20. The van der Waals surface area contributed by atoms with Gasteiger partial charge in [-0.3, -0.25) is 4.40 Å². The molecule has 3 rings (SSSR count). The van der Waals surface area contributed by atoms with E-state index in [-0.39, 0.29) is 6.04 Å². The first-order valence-electron chi connectivity index (χ1n) is 6.98. The van der Waals surface area contributed by atoms with Crippen LogP contribution in [0.5, 0.6) is 5.88 Å². The van der Waals surface area contributed by atoms with Gasteiger partial charge in [-0.25, -0.2) is 0 Å². The number of hydrogen-bond acceptors (Lipinski definition) is 4. The predicted molar refractivity (Wildman–Crippen MR) is 86.1 cm³/mol. The van der Waals surface area contributed by atoms with Crippen LogP contribution in [0.1, 0.15) is 29.8 Å². The third kappa shape index (κ3) is 2.66. The molecule has 0 aliphatic heterocycles. The van der Waals surface area contributed by atoms with Crippen molar-refractivity contribution < 1.29 is 4.74 Å². The van der Waals surface area contributed by atoms with E-state index in [1.807, 2.05) is 11.6 Å². The molecule has 0 aliphatic carbocycles. The summed E-state index contributed by atoms with van der Waals surface area (Å²) in [6, 6.07) is 8.74. The Balaban J connectivity index is 1.80. The Morgan fingerprint density at radius 3 is 2.95 bits per heavy atom. The summed E-state index contributed by atoms with van der Waals surface area (Å²) in [5, 5.41) is 5.60. The van der Waals surface area contributed by atoms with Gasteiger partial charge in [0.25, 0.3) is 0 Å². The van der Waals surface area contributed by atoms with E-state index in [2.05, 4.69) is 52.8 Å². The number of fused-ring (bicyclic) bond motifs is 1. The first-order chi connectivity index (χ1) is 10.2. The van der Waals surface area contributed by atoms with Crippen LogP contribution in [0.2, 0.25) is 0 Å². The van der Waals surface area contributed by atoms with Crippen LogP contribution < -0.4 is 10.1 Å². The van der Waals surface area contributed by atoms with Gasteiger partial charge in [0.2, 0.25) is 5.88 Å². The Morgan fingerprint density at radius 2 is 2.19 bits per heavy atom. The average molecular weight is 301 g/mol. The summed E-state index contributed by atoms with van der Waals surface area (Å²) in [5.74, 6) is 0.700. The molecule has 1 aromatic carbocycles. The van der Waals surface area contributed by atoms with E-state index < -0.39 is 0 Å². The maximum absolute atomic E-state index is 5.39. The first-order valence-corrected chi connectivity index (χ1v) is 7.86. The monoisotopic (exact) mass is 301 g/mol. The molecule has 0 unspecified atom stereocenters. The number of benzene rings is 1. The van der Waals surface area contributed by atoms with Crippen molar-refractivity contribution in [3.63, 3.8) is 0 Å². The fraction of sp³-hybridized carbons (Fsp3) is 0.312. The van der Waals surface area contributed by atoms with Gasteiger partial charge in [-0.05, 0) is 25.0 Å². The minimum atomic E-state index is 0.278. The number of nitrogens with zero attached hydrogens (tertiary/aromatic N) is 2. The molecule has 3 aromatic rings. The van der Waals surface area contributed by atoms with Crippen LogP contribution in [0.4, 0.5) is 0 Å². The molecule has 0 amide bonds. The van der Waals surface area contributed by atoms with Crippen molar-refractivity contribution >= 4 is 16.3 Å². The molecule has 4 nitrogen and oxygen atoms in total. The number of hydrogen-bond donors (Lipinski definition) is 1. The maximum atomic E-state index is 5.39. The predicted octanol–water partition coefficient (Wildman–Crippen LogP) is 3.56. The second-order valence-electron chi connectivity index (χ2n) is 5.08. The highest BCUT2D eigenvalue weighted by Crippen LogP contribution is 2.24. The van der Waals surface area contributed by atoms with E-state index in [1.54, 1.807) is 18.4 Å². The number of methoxy groups -OCH3 is 1. The molecule has 0 saturated carbocycles. The topological polar surface area (TPSA) is 38.6 Å². The minimum Gasteiger partial charge on any atom is -0.480 e. The van der Waals surface area contributed by atoms with Crippen LogP contribution in [-0.4, -0.2) is 16.5 Å². The standard InChI is InChI=1S/C16H19N3OS/c1-11-6-4-5-7-13(11)12(2)17-10-14-15(20-3)18-16-19(14)8-9-21-16/h4-9,12,17H,10H2,1-3H3/t12-/m1/s1. The third-order valence-electron chi connectivity index (χ3n) is 3.75. The van der Waals surface area contributed by atoms with E-state index in [9.17, 15) is 0 Å². The lowest BCUT2D eigenvalue weighted by molar-refractivity contribution is 0.391. The summed E-state index contributed by atoms with van der Waals surface area (Å²) < 4.78 is 7.47. The summed E-state index contributed by atoms with van der Waals surface area (Å²) in [7, 11) is 1.67. The Labute approximate surface area is 128 Å². The number of nitrogens with one attached hydrogen (secondary N) is 1. The van der Waals surface area contributed by atoms with E-state index in [0.717, 1.165) is 17.2 Å². The highest BCUT2D eigenvalue weighted by Gasteiger charge is 2.15. The van der Waals surface area contributed by atoms with Gasteiger partial charge in [0.15, 0.2) is 4.96 Å². The second kappa shape index (κ2) is 5.87. The van der Waals surface area contributed by atoms with Crippen molar-refractivity contribution in [3.8, 4) is 5.88 Å². The summed E-state index contributed by atoms with van der Waals surface area (Å²) in [5.41, 5.74) is 3.69.